The zero-order valence-electron chi connectivity index (χ0n) is 10.0. The fraction of sp³-hybridized carbons (Fsp3) is 0.0714. The molecule has 0 unspecified atom stereocenters. The van der Waals surface area contributed by atoms with Gasteiger partial charge in [0.2, 0.25) is 0 Å². The molecule has 1 N–H and O–H groups in total. The molecule has 2 nitrogen and oxygen atoms in total. The summed E-state index contributed by atoms with van der Waals surface area (Å²) in [4.78, 5) is 12.1. The molecule has 0 aliphatic rings. The van der Waals surface area contributed by atoms with Crippen molar-refractivity contribution < 1.29 is 9.18 Å². The van der Waals surface area contributed by atoms with E-state index in [-0.39, 0.29) is 11.6 Å². The van der Waals surface area contributed by atoms with Gasteiger partial charge in [0.1, 0.15) is 5.82 Å². The average Bonchev–Trinajstić information content (AvgIpc) is 2.36. The van der Waals surface area contributed by atoms with Gasteiger partial charge in [0, 0.05) is 10.0 Å². The topological polar surface area (TPSA) is 29.1 Å². The van der Waals surface area contributed by atoms with Gasteiger partial charge in [0.25, 0.3) is 5.91 Å². The molecule has 0 saturated heterocycles. The smallest absolute Gasteiger partial charge is 0.256 e. The fourth-order valence-electron chi connectivity index (χ4n) is 1.62. The highest BCUT2D eigenvalue weighted by Crippen LogP contribution is 2.24. The summed E-state index contributed by atoms with van der Waals surface area (Å²) in [7, 11) is 0. The molecule has 0 aliphatic carbocycles. The molecular weight excluding hydrogens is 333 g/mol. The SMILES string of the molecule is Cc1ccc(Br)cc1C(=O)Nc1cc(F)ccc1Cl. The number of carbonyl (C=O) groups is 1. The van der Waals surface area contributed by atoms with Crippen molar-refractivity contribution in [3.63, 3.8) is 0 Å². The molecule has 0 fully saturated rings. The lowest BCUT2D eigenvalue weighted by Crippen LogP contribution is -2.13. The van der Waals surface area contributed by atoms with E-state index in [2.05, 4.69) is 21.2 Å². The van der Waals surface area contributed by atoms with E-state index in [0.29, 0.717) is 10.6 Å². The lowest BCUT2D eigenvalue weighted by molar-refractivity contribution is 0.102. The van der Waals surface area contributed by atoms with Crippen molar-refractivity contribution in [2.45, 2.75) is 6.92 Å². The molecule has 0 aromatic heterocycles. The Hall–Kier alpha value is -1.39. The van der Waals surface area contributed by atoms with E-state index in [0.717, 1.165) is 10.0 Å². The first-order valence-corrected chi connectivity index (χ1v) is 6.67. The van der Waals surface area contributed by atoms with Crippen LogP contribution >= 0.6 is 27.5 Å². The quantitative estimate of drug-likeness (QED) is 0.834. The second-order valence-electron chi connectivity index (χ2n) is 4.04. The Morgan fingerprint density at radius 1 is 1.26 bits per heavy atom. The highest BCUT2D eigenvalue weighted by atomic mass is 79.9. The number of nitrogens with one attached hydrogen (secondary N) is 1. The van der Waals surface area contributed by atoms with E-state index >= 15 is 0 Å². The van der Waals surface area contributed by atoms with Crippen molar-refractivity contribution in [1.29, 1.82) is 0 Å². The maximum Gasteiger partial charge on any atom is 0.256 e. The van der Waals surface area contributed by atoms with Crippen LogP contribution in [-0.4, -0.2) is 5.91 Å². The maximum atomic E-state index is 13.1. The third-order valence-corrected chi connectivity index (χ3v) is 3.44. The summed E-state index contributed by atoms with van der Waals surface area (Å²) in [5.74, 6) is -0.781. The molecule has 98 valence electrons. The first kappa shape index (κ1) is 14.0. The number of hydrogen-bond acceptors (Lipinski definition) is 1. The Kier molecular flexibility index (Phi) is 4.22. The van der Waals surface area contributed by atoms with E-state index in [1.54, 1.807) is 6.07 Å². The summed E-state index contributed by atoms with van der Waals surface area (Å²) in [6, 6.07) is 9.21. The third kappa shape index (κ3) is 3.33. The zero-order chi connectivity index (χ0) is 14.0. The minimum atomic E-state index is -0.453. The number of anilines is 1. The van der Waals surface area contributed by atoms with Crippen LogP contribution in [0.25, 0.3) is 0 Å². The Labute approximate surface area is 123 Å². The normalized spacial score (nSPS) is 10.3. The van der Waals surface area contributed by atoms with Crippen LogP contribution in [0.2, 0.25) is 5.02 Å². The molecule has 0 aliphatic heterocycles. The third-order valence-electron chi connectivity index (χ3n) is 2.62. The number of aryl methyl sites for hydroxylation is 1. The van der Waals surface area contributed by atoms with Gasteiger partial charge >= 0.3 is 0 Å². The van der Waals surface area contributed by atoms with Crippen molar-refractivity contribution in [2.75, 3.05) is 5.32 Å². The zero-order valence-corrected chi connectivity index (χ0v) is 12.3. The minimum absolute atomic E-state index is 0.256. The van der Waals surface area contributed by atoms with E-state index in [9.17, 15) is 9.18 Å². The molecule has 0 atom stereocenters. The first-order valence-electron chi connectivity index (χ1n) is 5.50. The molecule has 0 heterocycles. The fourth-order valence-corrected chi connectivity index (χ4v) is 2.15. The van der Waals surface area contributed by atoms with Crippen LogP contribution < -0.4 is 5.32 Å². The monoisotopic (exact) mass is 341 g/mol. The molecule has 2 aromatic carbocycles. The van der Waals surface area contributed by atoms with E-state index in [4.69, 9.17) is 11.6 Å². The number of halogens is 3. The van der Waals surface area contributed by atoms with Gasteiger partial charge < -0.3 is 5.32 Å². The number of hydrogen-bond donors (Lipinski definition) is 1. The molecule has 0 saturated carbocycles. The van der Waals surface area contributed by atoms with Crippen LogP contribution in [0.4, 0.5) is 10.1 Å². The van der Waals surface area contributed by atoms with Gasteiger partial charge in [-0.15, -0.1) is 0 Å². The van der Waals surface area contributed by atoms with Crippen LogP contribution in [0.3, 0.4) is 0 Å². The van der Waals surface area contributed by atoms with Crippen molar-refractivity contribution in [3.05, 3.63) is 62.8 Å². The predicted octanol–water partition coefficient (Wildman–Crippen LogP) is 4.80. The molecule has 19 heavy (non-hydrogen) atoms. The lowest BCUT2D eigenvalue weighted by atomic mass is 10.1. The molecule has 1 amide bonds. The Balaban J connectivity index is 2.30. The van der Waals surface area contributed by atoms with Gasteiger partial charge in [-0.25, -0.2) is 4.39 Å². The highest BCUT2D eigenvalue weighted by Gasteiger charge is 2.12. The van der Waals surface area contributed by atoms with Crippen molar-refractivity contribution in [1.82, 2.24) is 0 Å². The molecule has 5 heteroatoms. The minimum Gasteiger partial charge on any atom is -0.321 e. The van der Waals surface area contributed by atoms with Gasteiger partial charge in [-0.3, -0.25) is 4.79 Å². The van der Waals surface area contributed by atoms with E-state index in [1.165, 1.54) is 18.2 Å². The number of benzene rings is 2. The van der Waals surface area contributed by atoms with Crippen LogP contribution in [0.15, 0.2) is 40.9 Å². The predicted molar refractivity (Wildman–Crippen MR) is 78.2 cm³/mol. The maximum absolute atomic E-state index is 13.1. The molecular formula is C14H10BrClFNO. The Morgan fingerprint density at radius 3 is 2.74 bits per heavy atom. The number of rotatable bonds is 2. The largest absolute Gasteiger partial charge is 0.321 e. The second kappa shape index (κ2) is 5.72. The van der Waals surface area contributed by atoms with Crippen molar-refractivity contribution in [2.24, 2.45) is 0 Å². The summed E-state index contributed by atoms with van der Waals surface area (Å²) < 4.78 is 13.9. The molecule has 0 bridgehead atoms. The van der Waals surface area contributed by atoms with Crippen molar-refractivity contribution in [3.8, 4) is 0 Å². The van der Waals surface area contributed by atoms with E-state index < -0.39 is 5.82 Å². The van der Waals surface area contributed by atoms with Crippen LogP contribution in [-0.2, 0) is 0 Å². The lowest BCUT2D eigenvalue weighted by Gasteiger charge is -2.09. The summed E-state index contributed by atoms with van der Waals surface area (Å²) in [5.41, 5.74) is 1.59. The summed E-state index contributed by atoms with van der Waals surface area (Å²) >= 11 is 9.22. The molecule has 2 aromatic rings. The average molecular weight is 343 g/mol. The molecule has 2 rings (SSSR count). The van der Waals surface area contributed by atoms with Gasteiger partial charge in [0.15, 0.2) is 0 Å². The Bertz CT molecular complexity index is 645. The van der Waals surface area contributed by atoms with Gasteiger partial charge in [0.05, 0.1) is 10.7 Å². The summed E-state index contributed by atoms with van der Waals surface area (Å²) in [5, 5.41) is 2.90. The highest BCUT2D eigenvalue weighted by molar-refractivity contribution is 9.10. The number of amides is 1. The first-order chi connectivity index (χ1) is 8.97. The second-order valence-corrected chi connectivity index (χ2v) is 5.36. The summed E-state index contributed by atoms with van der Waals surface area (Å²) in [6.07, 6.45) is 0. The summed E-state index contributed by atoms with van der Waals surface area (Å²) in [6.45, 7) is 1.83. The van der Waals surface area contributed by atoms with Crippen molar-refractivity contribution >= 4 is 39.1 Å². The van der Waals surface area contributed by atoms with Crippen LogP contribution in [0.5, 0.6) is 0 Å². The van der Waals surface area contributed by atoms with Crippen LogP contribution in [0.1, 0.15) is 15.9 Å². The van der Waals surface area contributed by atoms with Gasteiger partial charge in [-0.05, 0) is 42.8 Å². The number of carbonyl (C=O) groups excluding carboxylic acids is 1. The molecule has 0 radical (unpaired) electrons. The van der Waals surface area contributed by atoms with Crippen LogP contribution in [0, 0.1) is 12.7 Å². The Morgan fingerprint density at radius 2 is 2.00 bits per heavy atom. The van der Waals surface area contributed by atoms with Gasteiger partial charge in [-0.1, -0.05) is 33.6 Å². The standard InChI is InChI=1S/C14H10BrClFNO/c1-8-2-3-9(15)6-11(8)14(19)18-13-7-10(17)4-5-12(13)16/h2-7H,1H3,(H,18,19). The van der Waals surface area contributed by atoms with Gasteiger partial charge in [-0.2, -0.15) is 0 Å². The van der Waals surface area contributed by atoms with E-state index in [1.807, 2.05) is 19.1 Å². The molecule has 0 spiro atoms.